The van der Waals surface area contributed by atoms with Crippen molar-refractivity contribution >= 4 is 22.4 Å². The topological polar surface area (TPSA) is 72.5 Å². The maximum atomic E-state index is 12.3. The molecular formula is C17H21N3O3S. The molecule has 24 heavy (non-hydrogen) atoms. The summed E-state index contributed by atoms with van der Waals surface area (Å²) in [5, 5.41) is 8.76. The molecule has 0 spiro atoms. The van der Waals surface area contributed by atoms with Crippen LogP contribution in [0.15, 0.2) is 23.6 Å². The second-order valence-electron chi connectivity index (χ2n) is 5.62. The number of hydrogen-bond acceptors (Lipinski definition) is 6. The minimum atomic E-state index is 0.0599. The van der Waals surface area contributed by atoms with E-state index in [1.54, 1.807) is 14.2 Å². The van der Waals surface area contributed by atoms with E-state index in [1.165, 1.54) is 11.3 Å². The molecular weight excluding hydrogens is 326 g/mol. The molecule has 1 aromatic heterocycles. The van der Waals surface area contributed by atoms with Crippen LogP contribution >= 0.6 is 11.3 Å². The van der Waals surface area contributed by atoms with E-state index >= 15 is 0 Å². The van der Waals surface area contributed by atoms with Crippen LogP contribution in [0.4, 0.5) is 5.13 Å². The minimum absolute atomic E-state index is 0.0599. The van der Waals surface area contributed by atoms with Crippen molar-refractivity contribution in [1.82, 2.24) is 10.3 Å². The van der Waals surface area contributed by atoms with Crippen LogP contribution in [0.2, 0.25) is 0 Å². The van der Waals surface area contributed by atoms with Gasteiger partial charge >= 0.3 is 0 Å². The summed E-state index contributed by atoms with van der Waals surface area (Å²) in [4.78, 5) is 16.8. The van der Waals surface area contributed by atoms with Crippen LogP contribution in [-0.2, 0) is 4.79 Å². The third kappa shape index (κ3) is 3.68. The second kappa shape index (κ2) is 7.63. The molecule has 2 heterocycles. The number of thiazole rings is 1. The summed E-state index contributed by atoms with van der Waals surface area (Å²) in [5.74, 6) is 1.46. The van der Waals surface area contributed by atoms with Gasteiger partial charge in [0.1, 0.15) is 0 Å². The van der Waals surface area contributed by atoms with Crippen molar-refractivity contribution in [3.8, 4) is 22.8 Å². The Morgan fingerprint density at radius 3 is 2.71 bits per heavy atom. The number of hydrogen-bond donors (Lipinski definition) is 2. The number of ether oxygens (including phenoxy) is 2. The summed E-state index contributed by atoms with van der Waals surface area (Å²) in [7, 11) is 3.21. The molecule has 0 radical (unpaired) electrons. The van der Waals surface area contributed by atoms with Gasteiger partial charge in [-0.15, -0.1) is 11.3 Å². The summed E-state index contributed by atoms with van der Waals surface area (Å²) >= 11 is 1.43. The third-order valence-corrected chi connectivity index (χ3v) is 4.88. The molecule has 2 N–H and O–H groups in total. The van der Waals surface area contributed by atoms with Gasteiger partial charge in [-0.1, -0.05) is 0 Å². The van der Waals surface area contributed by atoms with Gasteiger partial charge in [0.15, 0.2) is 16.6 Å². The van der Waals surface area contributed by atoms with E-state index in [1.807, 2.05) is 23.6 Å². The van der Waals surface area contributed by atoms with Crippen molar-refractivity contribution < 1.29 is 14.3 Å². The second-order valence-corrected chi connectivity index (χ2v) is 6.48. The Balaban J connectivity index is 1.72. The van der Waals surface area contributed by atoms with Gasteiger partial charge in [0.25, 0.3) is 0 Å². The maximum absolute atomic E-state index is 12.3. The van der Waals surface area contributed by atoms with Gasteiger partial charge < -0.3 is 20.1 Å². The number of nitrogens with one attached hydrogen (secondary N) is 2. The molecule has 128 valence electrons. The number of anilines is 1. The number of piperidine rings is 1. The molecule has 1 aliphatic heterocycles. The number of methoxy groups -OCH3 is 2. The highest BCUT2D eigenvalue weighted by Gasteiger charge is 2.21. The first kappa shape index (κ1) is 16.7. The van der Waals surface area contributed by atoms with Crippen molar-refractivity contribution in [3.63, 3.8) is 0 Å². The summed E-state index contributed by atoms with van der Waals surface area (Å²) in [6.07, 6.45) is 1.75. The smallest absolute Gasteiger partial charge is 0.229 e. The normalized spacial score (nSPS) is 15.1. The van der Waals surface area contributed by atoms with Crippen LogP contribution in [0.1, 0.15) is 12.8 Å². The monoisotopic (exact) mass is 347 g/mol. The SMILES string of the molecule is COc1ccc(-c2csc(NC(=O)C3CCNCC3)n2)cc1OC. The zero-order valence-electron chi connectivity index (χ0n) is 13.8. The van der Waals surface area contributed by atoms with Crippen molar-refractivity contribution in [1.29, 1.82) is 0 Å². The average Bonchev–Trinajstić information content (AvgIpc) is 3.10. The number of amides is 1. The number of benzene rings is 1. The molecule has 1 saturated heterocycles. The van der Waals surface area contributed by atoms with E-state index in [4.69, 9.17) is 9.47 Å². The Labute approximate surface area is 145 Å². The molecule has 0 aliphatic carbocycles. The van der Waals surface area contributed by atoms with E-state index in [9.17, 15) is 4.79 Å². The summed E-state index contributed by atoms with van der Waals surface area (Å²) < 4.78 is 10.6. The lowest BCUT2D eigenvalue weighted by Crippen LogP contribution is -2.34. The van der Waals surface area contributed by atoms with Gasteiger partial charge in [-0.3, -0.25) is 4.79 Å². The maximum Gasteiger partial charge on any atom is 0.229 e. The van der Waals surface area contributed by atoms with Crippen molar-refractivity contribution in [3.05, 3.63) is 23.6 Å². The van der Waals surface area contributed by atoms with Gasteiger partial charge in [0.2, 0.25) is 5.91 Å². The number of carbonyl (C=O) groups is 1. The van der Waals surface area contributed by atoms with Gasteiger partial charge in [0, 0.05) is 16.9 Å². The molecule has 3 rings (SSSR count). The molecule has 2 aromatic rings. The Kier molecular flexibility index (Phi) is 5.32. The lowest BCUT2D eigenvalue weighted by atomic mass is 9.97. The highest BCUT2D eigenvalue weighted by Crippen LogP contribution is 2.33. The molecule has 1 amide bonds. The Hall–Kier alpha value is -2.12. The number of aromatic nitrogens is 1. The zero-order valence-corrected chi connectivity index (χ0v) is 14.6. The Morgan fingerprint density at radius 2 is 2.00 bits per heavy atom. The standard InChI is InChI=1S/C17H21N3O3S/c1-22-14-4-3-12(9-15(14)23-2)13-10-24-17(19-13)20-16(21)11-5-7-18-8-6-11/h3-4,9-11,18H,5-8H2,1-2H3,(H,19,20,21). The van der Waals surface area contributed by atoms with Crippen LogP contribution < -0.4 is 20.1 Å². The zero-order chi connectivity index (χ0) is 16.9. The number of nitrogens with zero attached hydrogens (tertiary/aromatic N) is 1. The quantitative estimate of drug-likeness (QED) is 0.870. The molecule has 7 heteroatoms. The van der Waals surface area contributed by atoms with Gasteiger partial charge in [-0.2, -0.15) is 0 Å². The van der Waals surface area contributed by atoms with Crippen molar-refractivity contribution in [2.45, 2.75) is 12.8 Å². The van der Waals surface area contributed by atoms with Crippen molar-refractivity contribution in [2.75, 3.05) is 32.6 Å². The molecule has 0 bridgehead atoms. The summed E-state index contributed by atoms with van der Waals surface area (Å²) in [6, 6.07) is 5.65. The van der Waals surface area contributed by atoms with Crippen LogP contribution in [0.25, 0.3) is 11.3 Å². The van der Waals surface area contributed by atoms with Crippen LogP contribution in [0.5, 0.6) is 11.5 Å². The minimum Gasteiger partial charge on any atom is -0.493 e. The predicted molar refractivity (Wildman–Crippen MR) is 94.9 cm³/mol. The molecule has 6 nitrogen and oxygen atoms in total. The number of carbonyl (C=O) groups excluding carboxylic acids is 1. The molecule has 1 fully saturated rings. The van der Waals surface area contributed by atoms with Crippen LogP contribution in [-0.4, -0.2) is 38.2 Å². The fourth-order valence-corrected chi connectivity index (χ4v) is 3.47. The fraction of sp³-hybridized carbons (Fsp3) is 0.412. The summed E-state index contributed by atoms with van der Waals surface area (Å²) in [5.41, 5.74) is 1.73. The Morgan fingerprint density at radius 1 is 1.25 bits per heavy atom. The molecule has 0 atom stereocenters. The van der Waals surface area contributed by atoms with Gasteiger partial charge in [-0.25, -0.2) is 4.98 Å². The molecule has 0 unspecified atom stereocenters. The van der Waals surface area contributed by atoms with E-state index in [0.717, 1.165) is 37.2 Å². The predicted octanol–water partition coefficient (Wildman–Crippen LogP) is 2.77. The highest BCUT2D eigenvalue weighted by molar-refractivity contribution is 7.14. The molecule has 0 saturated carbocycles. The average molecular weight is 347 g/mol. The third-order valence-electron chi connectivity index (χ3n) is 4.12. The van der Waals surface area contributed by atoms with Gasteiger partial charge in [-0.05, 0) is 44.1 Å². The first-order valence-corrected chi connectivity index (χ1v) is 8.78. The largest absolute Gasteiger partial charge is 0.493 e. The molecule has 1 aliphatic rings. The van der Waals surface area contributed by atoms with Crippen molar-refractivity contribution in [2.24, 2.45) is 5.92 Å². The van der Waals surface area contributed by atoms with E-state index in [-0.39, 0.29) is 11.8 Å². The highest BCUT2D eigenvalue weighted by atomic mass is 32.1. The summed E-state index contributed by atoms with van der Waals surface area (Å²) in [6.45, 7) is 1.79. The van der Waals surface area contributed by atoms with Crippen LogP contribution in [0, 0.1) is 5.92 Å². The van der Waals surface area contributed by atoms with Crippen LogP contribution in [0.3, 0.4) is 0 Å². The lowest BCUT2D eigenvalue weighted by Gasteiger charge is -2.21. The van der Waals surface area contributed by atoms with Gasteiger partial charge in [0.05, 0.1) is 19.9 Å². The van der Waals surface area contributed by atoms with E-state index < -0.39 is 0 Å². The van der Waals surface area contributed by atoms with E-state index in [2.05, 4.69) is 15.6 Å². The molecule has 1 aromatic carbocycles. The first-order valence-electron chi connectivity index (χ1n) is 7.90. The fourth-order valence-electron chi connectivity index (χ4n) is 2.75. The Bertz CT molecular complexity index is 711. The number of rotatable bonds is 5. The first-order chi connectivity index (χ1) is 11.7. The lowest BCUT2D eigenvalue weighted by molar-refractivity contribution is -0.120. The van der Waals surface area contributed by atoms with E-state index in [0.29, 0.717) is 16.6 Å².